The van der Waals surface area contributed by atoms with Crippen LogP contribution in [0.4, 0.5) is 0 Å². The number of amides is 1. The van der Waals surface area contributed by atoms with Crippen molar-refractivity contribution in [1.29, 1.82) is 0 Å². The summed E-state index contributed by atoms with van der Waals surface area (Å²) in [4.78, 5) is 14.0. The normalized spacial score (nSPS) is 11.3. The Morgan fingerprint density at radius 1 is 1.08 bits per heavy atom. The number of carbonyl (C=O) groups excluding carboxylic acids is 1. The highest BCUT2D eigenvalue weighted by Crippen LogP contribution is 2.29. The highest BCUT2D eigenvalue weighted by molar-refractivity contribution is 9.10. The smallest absolute Gasteiger partial charge is 0.261 e. The van der Waals surface area contributed by atoms with Gasteiger partial charge in [0.25, 0.3) is 5.91 Å². The summed E-state index contributed by atoms with van der Waals surface area (Å²) in [6.45, 7) is 0.216. The van der Waals surface area contributed by atoms with E-state index in [1.807, 2.05) is 30.3 Å². The van der Waals surface area contributed by atoms with Gasteiger partial charge in [-0.15, -0.1) is 11.3 Å². The fraction of sp³-hybridized carbons (Fsp3) is 0.0556. The zero-order valence-corrected chi connectivity index (χ0v) is 16.7. The molecule has 0 aliphatic heterocycles. The zero-order chi connectivity index (χ0) is 18.7. The molecular weight excluding hydrogens is 436 g/mol. The van der Waals surface area contributed by atoms with E-state index in [-0.39, 0.29) is 17.3 Å². The topological polar surface area (TPSA) is 89.3 Å². The van der Waals surface area contributed by atoms with Gasteiger partial charge in [0.1, 0.15) is 0 Å². The Kier molecular flexibility index (Phi) is 5.57. The molecule has 0 unspecified atom stereocenters. The minimum Gasteiger partial charge on any atom is -0.347 e. The first kappa shape index (κ1) is 18.8. The molecule has 5 nitrogen and oxygen atoms in total. The molecule has 0 saturated heterocycles. The van der Waals surface area contributed by atoms with Gasteiger partial charge in [0.05, 0.1) is 9.77 Å². The molecule has 0 saturated carbocycles. The Hall–Kier alpha value is -2.00. The number of carbonyl (C=O) groups is 1. The maximum atomic E-state index is 12.3. The third-order valence-corrected chi connectivity index (χ3v) is 6.21. The summed E-state index contributed by atoms with van der Waals surface area (Å²) in [6, 6.07) is 17.8. The van der Waals surface area contributed by atoms with Gasteiger partial charge in [-0.05, 0) is 47.5 Å². The second-order valence-electron chi connectivity index (χ2n) is 5.55. The molecule has 0 bridgehead atoms. The van der Waals surface area contributed by atoms with Crippen LogP contribution < -0.4 is 10.5 Å². The van der Waals surface area contributed by atoms with Crippen LogP contribution in [0.5, 0.6) is 0 Å². The lowest BCUT2D eigenvalue weighted by Gasteiger charge is -2.05. The molecule has 0 radical (unpaired) electrons. The number of sulfonamides is 1. The monoisotopic (exact) mass is 450 g/mol. The van der Waals surface area contributed by atoms with E-state index in [1.54, 1.807) is 18.2 Å². The van der Waals surface area contributed by atoms with Gasteiger partial charge in [0.2, 0.25) is 10.0 Å². The summed E-state index contributed by atoms with van der Waals surface area (Å²) in [5, 5.41) is 7.92. The highest BCUT2D eigenvalue weighted by Gasteiger charge is 2.12. The number of benzene rings is 2. The molecule has 0 fully saturated rings. The average Bonchev–Trinajstić information content (AvgIpc) is 3.10. The van der Waals surface area contributed by atoms with E-state index in [4.69, 9.17) is 5.14 Å². The predicted octanol–water partition coefficient (Wildman–Crippen LogP) is 3.76. The minimum absolute atomic E-state index is 0.0258. The van der Waals surface area contributed by atoms with E-state index >= 15 is 0 Å². The van der Waals surface area contributed by atoms with Crippen LogP contribution in [0.3, 0.4) is 0 Å². The molecule has 1 amide bonds. The van der Waals surface area contributed by atoms with Crippen molar-refractivity contribution in [3.8, 4) is 10.4 Å². The first-order valence-electron chi connectivity index (χ1n) is 7.59. The molecule has 3 aromatic rings. The number of rotatable bonds is 5. The SMILES string of the molecule is NS(=O)(=O)c1cccc(CNC(=O)c2ccc(-c3ccc(Br)cc3)s2)c1. The molecule has 8 heteroatoms. The number of primary sulfonamides is 1. The molecule has 1 heterocycles. The van der Waals surface area contributed by atoms with E-state index in [9.17, 15) is 13.2 Å². The van der Waals surface area contributed by atoms with E-state index in [2.05, 4.69) is 21.2 Å². The first-order chi connectivity index (χ1) is 12.3. The van der Waals surface area contributed by atoms with Gasteiger partial charge < -0.3 is 5.32 Å². The van der Waals surface area contributed by atoms with Crippen LogP contribution in [0.1, 0.15) is 15.2 Å². The lowest BCUT2D eigenvalue weighted by atomic mass is 10.2. The number of thiophene rings is 1. The van der Waals surface area contributed by atoms with Gasteiger partial charge in [0, 0.05) is 15.9 Å². The second kappa shape index (κ2) is 7.71. The Balaban J connectivity index is 1.69. The summed E-state index contributed by atoms with van der Waals surface area (Å²) in [7, 11) is -3.76. The third kappa shape index (κ3) is 4.59. The molecule has 0 spiro atoms. The number of hydrogen-bond donors (Lipinski definition) is 2. The Morgan fingerprint density at radius 3 is 2.50 bits per heavy atom. The van der Waals surface area contributed by atoms with Gasteiger partial charge >= 0.3 is 0 Å². The van der Waals surface area contributed by atoms with Gasteiger partial charge in [-0.2, -0.15) is 0 Å². The van der Waals surface area contributed by atoms with Crippen molar-refractivity contribution >= 4 is 43.2 Å². The quantitative estimate of drug-likeness (QED) is 0.619. The first-order valence-corrected chi connectivity index (χ1v) is 10.7. The maximum Gasteiger partial charge on any atom is 0.261 e. The van der Waals surface area contributed by atoms with Gasteiger partial charge in [-0.3, -0.25) is 4.79 Å². The van der Waals surface area contributed by atoms with Crippen molar-refractivity contribution in [1.82, 2.24) is 5.32 Å². The molecule has 134 valence electrons. The summed E-state index contributed by atoms with van der Waals surface area (Å²) in [5.74, 6) is -0.209. The summed E-state index contributed by atoms with van der Waals surface area (Å²) in [6.07, 6.45) is 0. The molecule has 3 N–H and O–H groups in total. The highest BCUT2D eigenvalue weighted by atomic mass is 79.9. The van der Waals surface area contributed by atoms with Crippen molar-refractivity contribution in [2.75, 3.05) is 0 Å². The molecule has 3 rings (SSSR count). The fourth-order valence-electron chi connectivity index (χ4n) is 2.33. The van der Waals surface area contributed by atoms with Crippen molar-refractivity contribution in [3.63, 3.8) is 0 Å². The number of hydrogen-bond acceptors (Lipinski definition) is 4. The lowest BCUT2D eigenvalue weighted by molar-refractivity contribution is 0.0955. The standard InChI is InChI=1S/C18H15BrN2O3S2/c19-14-6-4-13(5-7-14)16-8-9-17(25-16)18(22)21-11-12-2-1-3-15(10-12)26(20,23)24/h1-10H,11H2,(H,21,22)(H2,20,23,24). The van der Waals surface area contributed by atoms with Crippen LogP contribution in [0.25, 0.3) is 10.4 Å². The summed E-state index contributed by atoms with van der Waals surface area (Å²) < 4.78 is 23.8. The molecule has 1 aromatic heterocycles. The fourth-order valence-corrected chi connectivity index (χ4v) is 4.11. The van der Waals surface area contributed by atoms with Crippen molar-refractivity contribution in [2.45, 2.75) is 11.4 Å². The lowest BCUT2D eigenvalue weighted by Crippen LogP contribution is -2.22. The van der Waals surface area contributed by atoms with Crippen LogP contribution in [0.15, 0.2) is 70.0 Å². The minimum atomic E-state index is -3.76. The number of nitrogens with two attached hydrogens (primary N) is 1. The molecular formula is C18H15BrN2O3S2. The van der Waals surface area contributed by atoms with Crippen molar-refractivity contribution in [2.24, 2.45) is 5.14 Å². The zero-order valence-electron chi connectivity index (χ0n) is 13.5. The largest absolute Gasteiger partial charge is 0.347 e. The van der Waals surface area contributed by atoms with E-state index in [1.165, 1.54) is 23.5 Å². The van der Waals surface area contributed by atoms with E-state index < -0.39 is 10.0 Å². The average molecular weight is 451 g/mol. The maximum absolute atomic E-state index is 12.3. The number of halogens is 1. The Bertz CT molecular complexity index is 1040. The third-order valence-electron chi connectivity index (χ3n) is 3.64. The summed E-state index contributed by atoms with van der Waals surface area (Å²) >= 11 is 4.80. The van der Waals surface area contributed by atoms with Gasteiger partial charge in [-0.1, -0.05) is 40.2 Å². The number of nitrogens with one attached hydrogen (secondary N) is 1. The van der Waals surface area contributed by atoms with Crippen molar-refractivity contribution in [3.05, 3.63) is 75.6 Å². The van der Waals surface area contributed by atoms with Gasteiger partial charge in [0.15, 0.2) is 0 Å². The van der Waals surface area contributed by atoms with Crippen molar-refractivity contribution < 1.29 is 13.2 Å². The van der Waals surface area contributed by atoms with Crippen LogP contribution in [0.2, 0.25) is 0 Å². The Labute approximate surface area is 164 Å². The van der Waals surface area contributed by atoms with E-state index in [0.717, 1.165) is 14.9 Å². The molecule has 26 heavy (non-hydrogen) atoms. The summed E-state index contributed by atoms with van der Waals surface area (Å²) in [5.41, 5.74) is 1.70. The second-order valence-corrected chi connectivity index (χ2v) is 9.11. The van der Waals surface area contributed by atoms with E-state index in [0.29, 0.717) is 10.4 Å². The molecule has 0 aliphatic rings. The Morgan fingerprint density at radius 2 is 1.81 bits per heavy atom. The van der Waals surface area contributed by atoms with Crippen LogP contribution in [-0.4, -0.2) is 14.3 Å². The van der Waals surface area contributed by atoms with Crippen LogP contribution in [0, 0.1) is 0 Å². The van der Waals surface area contributed by atoms with Gasteiger partial charge in [-0.25, -0.2) is 13.6 Å². The predicted molar refractivity (Wildman–Crippen MR) is 106 cm³/mol. The molecule has 0 aliphatic carbocycles. The van der Waals surface area contributed by atoms with Crippen LogP contribution >= 0.6 is 27.3 Å². The van der Waals surface area contributed by atoms with Crippen LogP contribution in [-0.2, 0) is 16.6 Å². The molecule has 0 atom stereocenters. The molecule has 2 aromatic carbocycles.